The van der Waals surface area contributed by atoms with Gasteiger partial charge in [-0.1, -0.05) is 0 Å². The van der Waals surface area contributed by atoms with Crippen LogP contribution in [0.2, 0.25) is 0 Å². The second-order valence-electron chi connectivity index (χ2n) is 0. The van der Waals surface area contributed by atoms with Gasteiger partial charge in [-0.3, -0.25) is 0 Å². The van der Waals surface area contributed by atoms with Crippen molar-refractivity contribution in [3.63, 3.8) is 0 Å². The van der Waals surface area contributed by atoms with Gasteiger partial charge < -0.3 is 9.90 Å². The van der Waals surface area contributed by atoms with Gasteiger partial charge in [0, 0.05) is 0 Å². The summed E-state index contributed by atoms with van der Waals surface area (Å²) in [7, 11) is 0. The molecule has 0 spiro atoms. The molecule has 0 atom stereocenters. The van der Waals surface area contributed by atoms with Crippen LogP contribution in [-0.2, 0) is 0 Å². The molecule has 0 nitrogen and oxygen atoms in total. The van der Waals surface area contributed by atoms with Gasteiger partial charge in [-0.15, -0.1) is 0 Å². The van der Waals surface area contributed by atoms with Crippen molar-refractivity contribution in [3.8, 4) is 0 Å². The van der Waals surface area contributed by atoms with Crippen LogP contribution in [0.15, 0.2) is 0 Å². The average Bonchev–Trinajstić information content (AvgIpc) is 0. The fourth-order valence-corrected chi connectivity index (χ4v) is 0. The predicted octanol–water partition coefficient (Wildman–Crippen LogP) is -8.66. The van der Waals surface area contributed by atoms with Crippen LogP contribution in [0.5, 0.6) is 0 Å². The topological polar surface area (TPSA) is 0 Å². The number of hydrogen-bond donors (Lipinski definition) is 0. The quantitative estimate of drug-likeness (QED) is 0.210. The maximum absolute atomic E-state index is 0. The molecule has 8 valence electrons. The van der Waals surface area contributed by atoms with E-state index < -0.39 is 0 Å². The molecule has 0 fully saturated rings. The second-order valence-corrected chi connectivity index (χ2v) is 0. The SMILES string of the molecule is [Na+].[Na+].[Na+].[PH2-]. The van der Waals surface area contributed by atoms with Crippen LogP contribution in [0.25, 0.3) is 0 Å². The summed E-state index contributed by atoms with van der Waals surface area (Å²) < 4.78 is 0. The molecule has 0 saturated heterocycles. The summed E-state index contributed by atoms with van der Waals surface area (Å²) in [5.41, 5.74) is 0. The molecule has 0 radical (unpaired) electrons. The van der Waals surface area contributed by atoms with Crippen molar-refractivity contribution in [2.75, 3.05) is 0 Å². The Balaban J connectivity index is 0. The van der Waals surface area contributed by atoms with E-state index in [9.17, 15) is 0 Å². The van der Waals surface area contributed by atoms with E-state index in [0.717, 1.165) is 0 Å². The van der Waals surface area contributed by atoms with Crippen LogP contribution in [0.1, 0.15) is 0 Å². The van der Waals surface area contributed by atoms with Crippen molar-refractivity contribution in [2.45, 2.75) is 0 Å². The molecule has 0 aliphatic heterocycles. The van der Waals surface area contributed by atoms with Gasteiger partial charge in [0.05, 0.1) is 0 Å². The van der Waals surface area contributed by atoms with Crippen LogP contribution in [0, 0.1) is 0 Å². The third-order valence-electron chi connectivity index (χ3n) is 0. The third kappa shape index (κ3) is 9.06. The Morgan fingerprint density at radius 1 is 0.500 bits per heavy atom. The maximum atomic E-state index is 0. The van der Waals surface area contributed by atoms with Crippen LogP contribution in [0.3, 0.4) is 0 Å². The molecule has 0 aliphatic rings. The van der Waals surface area contributed by atoms with Crippen molar-refractivity contribution in [1.82, 2.24) is 0 Å². The first kappa shape index (κ1) is 26.1. The molecule has 0 aromatic carbocycles. The van der Waals surface area contributed by atoms with E-state index in [1.54, 1.807) is 0 Å². The summed E-state index contributed by atoms with van der Waals surface area (Å²) in [4.78, 5) is 0. The summed E-state index contributed by atoms with van der Waals surface area (Å²) in [6, 6.07) is 0. The van der Waals surface area contributed by atoms with Gasteiger partial charge in [0.15, 0.2) is 0 Å². The van der Waals surface area contributed by atoms with Gasteiger partial charge in [-0.25, -0.2) is 0 Å². The normalized spacial score (nSPS) is 0. The van der Waals surface area contributed by atoms with Crippen molar-refractivity contribution < 1.29 is 88.7 Å². The average molecular weight is 102 g/mol. The summed E-state index contributed by atoms with van der Waals surface area (Å²) >= 11 is 0. The zero-order chi connectivity index (χ0) is 0. The Morgan fingerprint density at radius 3 is 0.500 bits per heavy atom. The first-order valence-electron chi connectivity index (χ1n) is 0. The molecule has 0 rings (SSSR count). The predicted molar refractivity (Wildman–Crippen MR) is 9.71 cm³/mol. The van der Waals surface area contributed by atoms with Crippen LogP contribution in [0.4, 0.5) is 0 Å². The van der Waals surface area contributed by atoms with Gasteiger partial charge in [-0.2, -0.15) is 0 Å². The molecule has 4 heavy (non-hydrogen) atoms. The fourth-order valence-electron chi connectivity index (χ4n) is 0. The molecule has 4 heteroatoms. The molecule has 0 saturated carbocycles. The molecule has 0 aliphatic carbocycles. The fraction of sp³-hybridized carbons (Fsp3) is 0. The molecular weight excluding hydrogens is 99.9 g/mol. The van der Waals surface area contributed by atoms with E-state index in [-0.39, 0.29) is 98.6 Å². The minimum atomic E-state index is 0. The van der Waals surface area contributed by atoms with Gasteiger partial charge in [0.2, 0.25) is 0 Å². The minimum absolute atomic E-state index is 0. The first-order valence-corrected chi connectivity index (χ1v) is 0. The number of hydrogen-bond acceptors (Lipinski definition) is 0. The van der Waals surface area contributed by atoms with Crippen molar-refractivity contribution in [3.05, 3.63) is 0 Å². The van der Waals surface area contributed by atoms with Crippen LogP contribution < -0.4 is 88.7 Å². The van der Waals surface area contributed by atoms with Crippen molar-refractivity contribution >= 4 is 9.90 Å². The molecule has 0 heterocycles. The largest absolute Gasteiger partial charge is 1.00 e. The van der Waals surface area contributed by atoms with Gasteiger partial charge >= 0.3 is 88.7 Å². The molecule has 0 bridgehead atoms. The van der Waals surface area contributed by atoms with Gasteiger partial charge in [0.25, 0.3) is 0 Å². The van der Waals surface area contributed by atoms with E-state index in [2.05, 4.69) is 0 Å². The molecule has 0 amide bonds. The standard InChI is InChI=1S/3Na.H2P/h;;;1H2/q3*+1;-1. The first-order chi connectivity index (χ1) is 0. The van der Waals surface area contributed by atoms with Gasteiger partial charge in [0.1, 0.15) is 0 Å². The van der Waals surface area contributed by atoms with E-state index in [1.165, 1.54) is 0 Å². The molecule has 0 N–H and O–H groups in total. The zero-order valence-corrected chi connectivity index (χ0v) is 10.7. The Bertz CT molecular complexity index is 3.25. The molecule has 0 unspecified atom stereocenters. The second kappa shape index (κ2) is 16.1. The monoisotopic (exact) mass is 102 g/mol. The molecular formula is H2Na3P+2. The minimum Gasteiger partial charge on any atom is -0.577 e. The summed E-state index contributed by atoms with van der Waals surface area (Å²) in [6.07, 6.45) is 0. The summed E-state index contributed by atoms with van der Waals surface area (Å²) in [5.74, 6) is 0. The Labute approximate surface area is 96.4 Å². The van der Waals surface area contributed by atoms with E-state index in [0.29, 0.717) is 0 Å². The Morgan fingerprint density at radius 2 is 0.500 bits per heavy atom. The Hall–Kier alpha value is 3.43. The molecule has 0 aromatic heterocycles. The smallest absolute Gasteiger partial charge is 0.577 e. The summed E-state index contributed by atoms with van der Waals surface area (Å²) in [5, 5.41) is 0. The van der Waals surface area contributed by atoms with E-state index in [4.69, 9.17) is 0 Å². The van der Waals surface area contributed by atoms with Crippen molar-refractivity contribution in [1.29, 1.82) is 0 Å². The third-order valence-corrected chi connectivity index (χ3v) is 0. The van der Waals surface area contributed by atoms with Crippen LogP contribution in [-0.4, -0.2) is 0 Å². The number of rotatable bonds is 0. The van der Waals surface area contributed by atoms with Crippen LogP contribution >= 0.6 is 9.90 Å². The zero-order valence-electron chi connectivity index (χ0n) is 3.58. The Kier molecular flexibility index (Phi) is 105. The van der Waals surface area contributed by atoms with E-state index in [1.807, 2.05) is 0 Å². The van der Waals surface area contributed by atoms with Gasteiger partial charge in [-0.05, 0) is 0 Å². The molecule has 0 aromatic rings. The maximum Gasteiger partial charge on any atom is 1.00 e. The van der Waals surface area contributed by atoms with Crippen molar-refractivity contribution in [2.24, 2.45) is 0 Å². The summed E-state index contributed by atoms with van der Waals surface area (Å²) in [6.45, 7) is 0. The van der Waals surface area contributed by atoms with E-state index >= 15 is 0 Å².